The van der Waals surface area contributed by atoms with Gasteiger partial charge in [-0.05, 0) is 35.7 Å². The Morgan fingerprint density at radius 1 is 1.03 bits per heavy atom. The second-order valence-electron chi connectivity index (χ2n) is 8.17. The molecule has 0 aliphatic rings. The Morgan fingerprint density at radius 2 is 1.80 bits per heavy atom. The van der Waals surface area contributed by atoms with Crippen molar-refractivity contribution in [3.63, 3.8) is 0 Å². The molecule has 1 aromatic carbocycles. The summed E-state index contributed by atoms with van der Waals surface area (Å²) < 4.78 is 43.5. The van der Waals surface area contributed by atoms with E-state index in [2.05, 4.69) is 25.4 Å². The van der Waals surface area contributed by atoms with Gasteiger partial charge in [-0.25, -0.2) is 23.1 Å². The fourth-order valence-electron chi connectivity index (χ4n) is 3.47. The summed E-state index contributed by atoms with van der Waals surface area (Å²) in [5.74, 6) is -3.52. The highest BCUT2D eigenvalue weighted by Crippen LogP contribution is 2.27. The summed E-state index contributed by atoms with van der Waals surface area (Å²) in [6, 6.07) is 5.78. The molecule has 3 heterocycles. The maximum absolute atomic E-state index is 14.7. The van der Waals surface area contributed by atoms with Gasteiger partial charge in [-0.1, -0.05) is 12.1 Å². The number of carbonyl (C=O) groups excluding carboxylic acids is 1. The van der Waals surface area contributed by atoms with Crippen LogP contribution >= 0.6 is 0 Å². The van der Waals surface area contributed by atoms with Crippen molar-refractivity contribution in [1.29, 1.82) is 0 Å². The topological polar surface area (TPSA) is 85.6 Å². The molecule has 4 rings (SSSR count). The van der Waals surface area contributed by atoms with E-state index in [1.165, 1.54) is 24.4 Å². The van der Waals surface area contributed by atoms with E-state index < -0.39 is 11.7 Å². The average molecular weight is 480 g/mol. The standard InChI is InChI=1S/C25H23F3N6O/c1-3-34-15-21(14-32-34)33-24-30-11-19(12-31-24)17-4-5-18(23(26)9-17)8-22(35)7-16-6-20(13-29-10-16)25(2,27)28/h4-6,9-15H,3,7-8H2,1-2H3,(H,30,31,33). The van der Waals surface area contributed by atoms with Gasteiger partial charge in [-0.15, -0.1) is 0 Å². The number of pyridine rings is 1. The number of benzene rings is 1. The smallest absolute Gasteiger partial charge is 0.272 e. The van der Waals surface area contributed by atoms with Gasteiger partial charge < -0.3 is 5.32 Å². The molecular formula is C25H23F3N6O. The first-order valence-electron chi connectivity index (χ1n) is 11.0. The predicted molar refractivity (Wildman–Crippen MR) is 125 cm³/mol. The third-order valence-corrected chi connectivity index (χ3v) is 5.34. The number of carbonyl (C=O) groups is 1. The number of hydrogen-bond donors (Lipinski definition) is 1. The van der Waals surface area contributed by atoms with Crippen molar-refractivity contribution in [3.8, 4) is 11.1 Å². The zero-order valence-electron chi connectivity index (χ0n) is 19.2. The Morgan fingerprint density at radius 3 is 2.46 bits per heavy atom. The van der Waals surface area contributed by atoms with Crippen LogP contribution in [0.1, 0.15) is 30.5 Å². The maximum Gasteiger partial charge on any atom is 0.272 e. The van der Waals surface area contributed by atoms with E-state index in [4.69, 9.17) is 0 Å². The molecule has 0 fully saturated rings. The van der Waals surface area contributed by atoms with Crippen molar-refractivity contribution in [2.75, 3.05) is 5.32 Å². The minimum absolute atomic E-state index is 0.114. The van der Waals surface area contributed by atoms with Gasteiger partial charge >= 0.3 is 0 Å². The van der Waals surface area contributed by atoms with E-state index >= 15 is 0 Å². The fourth-order valence-corrected chi connectivity index (χ4v) is 3.47. The van der Waals surface area contributed by atoms with Crippen LogP contribution < -0.4 is 5.32 Å². The monoisotopic (exact) mass is 480 g/mol. The van der Waals surface area contributed by atoms with Gasteiger partial charge in [-0.3, -0.25) is 14.5 Å². The molecule has 0 amide bonds. The zero-order valence-corrected chi connectivity index (χ0v) is 19.2. The van der Waals surface area contributed by atoms with E-state index in [1.54, 1.807) is 29.3 Å². The molecule has 0 saturated heterocycles. The largest absolute Gasteiger partial charge is 0.321 e. The summed E-state index contributed by atoms with van der Waals surface area (Å²) in [7, 11) is 0. The number of aromatic nitrogens is 5. The van der Waals surface area contributed by atoms with Crippen LogP contribution in [0.2, 0.25) is 0 Å². The molecule has 10 heteroatoms. The summed E-state index contributed by atoms with van der Waals surface area (Å²) in [6.07, 6.45) is 8.80. The minimum Gasteiger partial charge on any atom is -0.321 e. The number of Topliss-reactive ketones (excluding diaryl/α,β-unsaturated/α-hetero) is 1. The number of anilines is 2. The van der Waals surface area contributed by atoms with Gasteiger partial charge in [0.15, 0.2) is 0 Å². The second-order valence-corrected chi connectivity index (χ2v) is 8.17. The normalized spacial score (nSPS) is 11.5. The van der Waals surface area contributed by atoms with Gasteiger partial charge in [-0.2, -0.15) is 5.10 Å². The fraction of sp³-hybridized carbons (Fsp3) is 0.240. The highest BCUT2D eigenvalue weighted by atomic mass is 19.3. The van der Waals surface area contributed by atoms with Crippen LogP contribution in [-0.4, -0.2) is 30.5 Å². The van der Waals surface area contributed by atoms with Crippen LogP contribution in [0, 0.1) is 5.82 Å². The molecule has 3 aromatic heterocycles. The third-order valence-electron chi connectivity index (χ3n) is 5.34. The molecular weight excluding hydrogens is 457 g/mol. The molecule has 0 unspecified atom stereocenters. The van der Waals surface area contributed by atoms with Crippen molar-refractivity contribution >= 4 is 17.4 Å². The first kappa shape index (κ1) is 24.1. The number of halogens is 3. The van der Waals surface area contributed by atoms with Crippen LogP contribution in [0.3, 0.4) is 0 Å². The molecule has 0 atom stereocenters. The molecule has 0 bridgehead atoms. The summed E-state index contributed by atoms with van der Waals surface area (Å²) >= 11 is 0. The summed E-state index contributed by atoms with van der Waals surface area (Å²) in [4.78, 5) is 24.7. The molecule has 1 N–H and O–H groups in total. The molecule has 7 nitrogen and oxygen atoms in total. The lowest BCUT2D eigenvalue weighted by atomic mass is 9.99. The van der Waals surface area contributed by atoms with Crippen molar-refractivity contribution in [3.05, 3.63) is 84.0 Å². The Bertz CT molecular complexity index is 1330. The lowest BCUT2D eigenvalue weighted by molar-refractivity contribution is -0.117. The molecule has 35 heavy (non-hydrogen) atoms. The molecule has 0 saturated carbocycles. The minimum atomic E-state index is -3.05. The van der Waals surface area contributed by atoms with Gasteiger partial charge in [0.1, 0.15) is 11.6 Å². The molecule has 0 aliphatic carbocycles. The molecule has 0 radical (unpaired) electrons. The second kappa shape index (κ2) is 10.0. The van der Waals surface area contributed by atoms with E-state index in [1.807, 2.05) is 13.1 Å². The predicted octanol–water partition coefficient (Wildman–Crippen LogP) is 5.10. The summed E-state index contributed by atoms with van der Waals surface area (Å²) in [6.45, 7) is 3.50. The average Bonchev–Trinajstić information content (AvgIpc) is 3.28. The highest BCUT2D eigenvalue weighted by molar-refractivity contribution is 5.83. The zero-order chi connectivity index (χ0) is 25.0. The van der Waals surface area contributed by atoms with E-state index in [-0.39, 0.29) is 29.8 Å². The number of nitrogens with one attached hydrogen (secondary N) is 1. The van der Waals surface area contributed by atoms with Crippen molar-refractivity contribution in [2.24, 2.45) is 0 Å². The molecule has 4 aromatic rings. The lowest BCUT2D eigenvalue weighted by Crippen LogP contribution is -2.11. The van der Waals surface area contributed by atoms with Crippen LogP contribution in [0.25, 0.3) is 11.1 Å². The lowest BCUT2D eigenvalue weighted by Gasteiger charge is -2.11. The summed E-state index contributed by atoms with van der Waals surface area (Å²) in [5, 5.41) is 7.22. The number of nitrogens with zero attached hydrogens (tertiary/aromatic N) is 5. The van der Waals surface area contributed by atoms with Gasteiger partial charge in [0.2, 0.25) is 5.95 Å². The number of rotatable bonds is 9. The Labute approximate surface area is 200 Å². The molecule has 0 spiro atoms. The number of aryl methyl sites for hydroxylation is 1. The molecule has 180 valence electrons. The number of hydrogen-bond acceptors (Lipinski definition) is 6. The van der Waals surface area contributed by atoms with Gasteiger partial charge in [0, 0.05) is 68.4 Å². The van der Waals surface area contributed by atoms with E-state index in [0.717, 1.165) is 25.4 Å². The maximum atomic E-state index is 14.7. The quantitative estimate of drug-likeness (QED) is 0.359. The van der Waals surface area contributed by atoms with Gasteiger partial charge in [0.25, 0.3) is 5.92 Å². The Balaban J connectivity index is 1.40. The van der Waals surface area contributed by atoms with Crippen LogP contribution in [0.15, 0.2) is 61.4 Å². The van der Waals surface area contributed by atoms with Crippen LogP contribution in [0.4, 0.5) is 24.8 Å². The number of ketones is 1. The molecule has 0 aliphatic heterocycles. The van der Waals surface area contributed by atoms with Crippen LogP contribution in [0.5, 0.6) is 0 Å². The Hall–Kier alpha value is -4.08. The summed E-state index contributed by atoms with van der Waals surface area (Å²) in [5.41, 5.74) is 2.24. The van der Waals surface area contributed by atoms with E-state index in [9.17, 15) is 18.0 Å². The third kappa shape index (κ3) is 6.08. The van der Waals surface area contributed by atoms with E-state index in [0.29, 0.717) is 22.6 Å². The van der Waals surface area contributed by atoms with Crippen molar-refractivity contribution < 1.29 is 18.0 Å². The first-order chi connectivity index (χ1) is 16.7. The van der Waals surface area contributed by atoms with Crippen LogP contribution in [-0.2, 0) is 30.1 Å². The highest BCUT2D eigenvalue weighted by Gasteiger charge is 2.25. The van der Waals surface area contributed by atoms with Crippen molar-refractivity contribution in [1.82, 2.24) is 24.7 Å². The SMILES string of the molecule is CCn1cc(Nc2ncc(-c3ccc(CC(=O)Cc4cncc(C(C)(F)F)c4)c(F)c3)cn2)cn1. The number of alkyl halides is 2. The van der Waals surface area contributed by atoms with Gasteiger partial charge in [0.05, 0.1) is 11.9 Å². The Kier molecular flexibility index (Phi) is 6.90. The first-order valence-corrected chi connectivity index (χ1v) is 11.0. The van der Waals surface area contributed by atoms with Crippen molar-refractivity contribution in [2.45, 2.75) is 39.2 Å².